The second-order valence-electron chi connectivity index (χ2n) is 15.4. The van der Waals surface area contributed by atoms with E-state index in [1.807, 2.05) is 12.2 Å². The minimum atomic E-state index is -4.79. The van der Waals surface area contributed by atoms with Crippen molar-refractivity contribution < 1.29 is 45.1 Å². The van der Waals surface area contributed by atoms with E-state index in [9.17, 15) is 40.4 Å². The molecule has 1 saturated heterocycles. The Labute approximate surface area is 319 Å². The number of benzene rings is 2. The fourth-order valence-corrected chi connectivity index (χ4v) is 10.2. The number of ether oxygens (including phenoxy) is 1. The molecule has 3 aromatic rings. The number of amides is 2. The average Bonchev–Trinajstić information content (AvgIpc) is 3.91. The van der Waals surface area contributed by atoms with Gasteiger partial charge in [-0.2, -0.15) is 13.2 Å². The minimum absolute atomic E-state index is 0.00606. The number of halogens is 5. The molecule has 3 heterocycles. The molecule has 1 aromatic heterocycles. The van der Waals surface area contributed by atoms with Crippen LogP contribution in [0.15, 0.2) is 48.6 Å². The van der Waals surface area contributed by atoms with Gasteiger partial charge in [0.15, 0.2) is 5.78 Å². The van der Waals surface area contributed by atoms with Gasteiger partial charge in [0.05, 0.1) is 38.5 Å². The predicted octanol–water partition coefficient (Wildman–Crippen LogP) is 7.80. The number of rotatable bonds is 7. The first-order chi connectivity index (χ1) is 25.5. The Morgan fingerprint density at radius 2 is 1.91 bits per heavy atom. The number of sulfonamides is 1. The Balaban J connectivity index is 1.20. The maximum absolute atomic E-state index is 14.6. The summed E-state index contributed by atoms with van der Waals surface area (Å²) in [4.78, 5) is 48.7. The van der Waals surface area contributed by atoms with Gasteiger partial charge in [-0.3, -0.25) is 19.1 Å². The van der Waals surface area contributed by atoms with Crippen LogP contribution >= 0.6 is 22.9 Å². The molecule has 2 aromatic carbocycles. The fraction of sp³-hybridized carbons (Fsp3) is 0.526. The first-order valence-electron chi connectivity index (χ1n) is 18.1. The smallest absolute Gasteiger partial charge is 0.416 e. The summed E-state index contributed by atoms with van der Waals surface area (Å²) in [5.41, 5.74) is -1.84. The minimum Gasteiger partial charge on any atom is -0.465 e. The van der Waals surface area contributed by atoms with Crippen molar-refractivity contribution >= 4 is 60.8 Å². The third-order valence-corrected chi connectivity index (χ3v) is 14.6. The van der Waals surface area contributed by atoms with E-state index in [0.29, 0.717) is 48.7 Å². The summed E-state index contributed by atoms with van der Waals surface area (Å²) in [7, 11) is -4.00. The van der Waals surface area contributed by atoms with Crippen molar-refractivity contribution in [2.75, 3.05) is 6.54 Å². The van der Waals surface area contributed by atoms with Crippen molar-refractivity contribution in [1.82, 2.24) is 14.6 Å². The number of Topliss-reactive ketones (excluding diaryl/α,β-unsaturated/α-hetero) is 1. The molecule has 54 heavy (non-hydrogen) atoms. The fourth-order valence-electron chi connectivity index (χ4n) is 7.71. The Hall–Kier alpha value is -3.56. The van der Waals surface area contributed by atoms with E-state index in [4.69, 9.17) is 16.3 Å². The number of thiazole rings is 1. The van der Waals surface area contributed by atoms with Gasteiger partial charge in [0, 0.05) is 23.8 Å². The van der Waals surface area contributed by atoms with Crippen molar-refractivity contribution in [3.05, 3.63) is 70.5 Å². The van der Waals surface area contributed by atoms with E-state index in [1.54, 1.807) is 25.1 Å². The first kappa shape index (κ1) is 38.7. The summed E-state index contributed by atoms with van der Waals surface area (Å²) in [6, 6.07) is 6.34. The number of ketones is 1. The van der Waals surface area contributed by atoms with Gasteiger partial charge in [0.2, 0.25) is 21.8 Å². The molecule has 2 aliphatic heterocycles. The predicted molar refractivity (Wildman–Crippen MR) is 195 cm³/mol. The third-order valence-electron chi connectivity index (χ3n) is 11.3. The number of carbonyl (C=O) groups is 3. The highest BCUT2D eigenvalue weighted by molar-refractivity contribution is 7.91. The largest absolute Gasteiger partial charge is 0.465 e. The summed E-state index contributed by atoms with van der Waals surface area (Å²) in [5, 5.41) is 0.801. The number of nitrogens with one attached hydrogen (secondary N) is 1. The van der Waals surface area contributed by atoms with Gasteiger partial charge in [-0.25, -0.2) is 17.8 Å². The molecule has 0 spiro atoms. The lowest BCUT2D eigenvalue weighted by molar-refractivity contribution is -0.142. The Kier molecular flexibility index (Phi) is 10.4. The second kappa shape index (κ2) is 14.5. The normalized spacial score (nSPS) is 28.1. The van der Waals surface area contributed by atoms with Gasteiger partial charge in [0.1, 0.15) is 11.9 Å². The summed E-state index contributed by atoms with van der Waals surface area (Å²) in [5.74, 6) is -4.03. The van der Waals surface area contributed by atoms with Crippen LogP contribution in [0.3, 0.4) is 0 Å². The quantitative estimate of drug-likeness (QED) is 0.191. The molecular weight excluding hydrogens is 770 g/mol. The zero-order valence-corrected chi connectivity index (χ0v) is 31.9. The number of aromatic nitrogens is 1. The van der Waals surface area contributed by atoms with Crippen LogP contribution in [0, 0.1) is 23.1 Å². The molecule has 2 aliphatic carbocycles. The topological polar surface area (TPSA) is 123 Å². The summed E-state index contributed by atoms with van der Waals surface area (Å²) >= 11 is 7.40. The number of nitrogens with zero attached hydrogens (tertiary/aromatic N) is 2. The molecule has 2 amide bonds. The van der Waals surface area contributed by atoms with Crippen LogP contribution in [0.2, 0.25) is 5.02 Å². The van der Waals surface area contributed by atoms with Crippen LogP contribution in [0.4, 0.5) is 17.6 Å². The van der Waals surface area contributed by atoms with Crippen LogP contribution in [-0.4, -0.2) is 59.3 Å². The van der Waals surface area contributed by atoms with Gasteiger partial charge in [0.25, 0.3) is 5.19 Å². The molecule has 4 aliphatic rings. The highest BCUT2D eigenvalue weighted by Gasteiger charge is 2.62. The molecule has 2 saturated carbocycles. The van der Waals surface area contributed by atoms with Gasteiger partial charge in [-0.05, 0) is 99.7 Å². The number of fused-ring (bicyclic) bond motifs is 3. The van der Waals surface area contributed by atoms with Gasteiger partial charge >= 0.3 is 6.18 Å². The number of allylic oxidation sites excluding steroid dienone is 2. The van der Waals surface area contributed by atoms with Crippen LogP contribution in [0.5, 0.6) is 5.19 Å². The average molecular weight is 810 g/mol. The van der Waals surface area contributed by atoms with Gasteiger partial charge in [-0.1, -0.05) is 47.9 Å². The van der Waals surface area contributed by atoms with Crippen LogP contribution < -0.4 is 9.46 Å². The zero-order valence-electron chi connectivity index (χ0n) is 29.5. The lowest BCUT2D eigenvalue weighted by Crippen LogP contribution is -2.47. The Morgan fingerprint density at radius 1 is 1.13 bits per heavy atom. The van der Waals surface area contributed by atoms with Gasteiger partial charge < -0.3 is 9.64 Å². The second-order valence-corrected chi connectivity index (χ2v) is 19.0. The Bertz CT molecular complexity index is 2120. The van der Waals surface area contributed by atoms with Crippen molar-refractivity contribution in [1.29, 1.82) is 0 Å². The molecule has 1 N–H and O–H groups in total. The van der Waals surface area contributed by atoms with Gasteiger partial charge in [-0.15, -0.1) is 0 Å². The maximum Gasteiger partial charge on any atom is 0.416 e. The molecule has 16 heteroatoms. The highest BCUT2D eigenvalue weighted by Crippen LogP contribution is 2.57. The number of hydrogen-bond acceptors (Lipinski definition) is 8. The SMILES string of the molecule is CC1(S(=O)(=O)NC(=O)[C@]23CC(=O)[C@@H]4C[C@@H](Oc5nc6ccc(Cl)cc6s5)CN4C(=O)[C@@H](Cc4cc(F)cc(C(F)(F)F)c4)CCCCC/C=C\[C@@H]2C3)CC1. The van der Waals surface area contributed by atoms with E-state index in [1.165, 1.54) is 16.2 Å². The third kappa shape index (κ3) is 8.04. The highest BCUT2D eigenvalue weighted by atomic mass is 35.5. The van der Waals surface area contributed by atoms with Crippen molar-refractivity contribution in [3.8, 4) is 5.19 Å². The van der Waals surface area contributed by atoms with Crippen molar-refractivity contribution in [2.24, 2.45) is 17.3 Å². The molecule has 290 valence electrons. The number of alkyl halides is 3. The van der Waals surface area contributed by atoms with E-state index in [0.717, 1.165) is 23.3 Å². The maximum atomic E-state index is 14.6. The summed E-state index contributed by atoms with van der Waals surface area (Å²) in [6.45, 7) is 1.52. The molecule has 0 bridgehead atoms. The van der Waals surface area contributed by atoms with Crippen molar-refractivity contribution in [2.45, 2.75) is 101 Å². The van der Waals surface area contributed by atoms with Crippen molar-refractivity contribution in [3.63, 3.8) is 0 Å². The molecule has 3 fully saturated rings. The monoisotopic (exact) mass is 809 g/mol. The first-order valence-corrected chi connectivity index (χ1v) is 20.8. The van der Waals surface area contributed by atoms with E-state index < -0.39 is 73.4 Å². The van der Waals surface area contributed by atoms with E-state index >= 15 is 0 Å². The summed E-state index contributed by atoms with van der Waals surface area (Å²) < 4.78 is 89.9. The molecule has 0 radical (unpaired) electrons. The van der Waals surface area contributed by atoms with E-state index in [2.05, 4.69) is 9.71 Å². The number of hydrogen-bond donors (Lipinski definition) is 1. The van der Waals surface area contributed by atoms with E-state index in [-0.39, 0.29) is 55.3 Å². The van der Waals surface area contributed by atoms with Crippen LogP contribution in [-0.2, 0) is 37.0 Å². The lowest BCUT2D eigenvalue weighted by Gasteiger charge is -2.29. The standard InChI is InChI=1S/C38H40ClF4N3O6S2/c1-36(11-12-36)54(50,51)45-34(49)37-19-24(37)8-6-4-2-3-5-7-23(13-22-14-25(38(41,42)43)16-27(40)15-22)33(48)46-21-28(18-30(46)31(47)20-37)52-35-44-29-10-9-26(39)17-32(29)53-35/h6,8-10,14-17,23-24,28,30H,2-5,7,11-13,18-21H2,1H3,(H,45,49)/b8-6-/t23-,24-,28-,30+,37-/m1/s1. The molecule has 7 rings (SSSR count). The molecule has 9 nitrogen and oxygen atoms in total. The Morgan fingerprint density at radius 3 is 2.65 bits per heavy atom. The number of carbonyl (C=O) groups excluding carboxylic acids is 3. The molecular formula is C38H40ClF4N3O6S2. The summed E-state index contributed by atoms with van der Waals surface area (Å²) in [6.07, 6.45) is 1.80. The molecule has 0 unspecified atom stereocenters. The molecule has 5 atom stereocenters. The van der Waals surface area contributed by atoms with Crippen LogP contribution in [0.25, 0.3) is 10.2 Å². The zero-order chi connectivity index (χ0) is 38.6. The lowest BCUT2D eigenvalue weighted by atomic mass is 9.89. The van der Waals surface area contributed by atoms with Crippen LogP contribution in [0.1, 0.15) is 82.3 Å².